The summed E-state index contributed by atoms with van der Waals surface area (Å²) in [6.45, 7) is 0. The number of nitrogens with zero attached hydrogens (tertiary/aromatic N) is 3. The number of allylic oxidation sites excluding steroid dienone is 1. The molecule has 3 aromatic rings. The number of aromatic amines is 1. The Morgan fingerprint density at radius 3 is 2.72 bits per heavy atom. The number of benzene rings is 2. The first-order valence-electron chi connectivity index (χ1n) is 7.46. The van der Waals surface area contributed by atoms with Crippen LogP contribution in [0, 0.1) is 4.77 Å². The van der Waals surface area contributed by atoms with Gasteiger partial charge in [-0.15, -0.1) is 0 Å². The first-order chi connectivity index (χ1) is 12.2. The maximum absolute atomic E-state index is 5.92. The molecule has 0 atom stereocenters. The van der Waals surface area contributed by atoms with E-state index in [1.54, 1.807) is 30.1 Å². The summed E-state index contributed by atoms with van der Waals surface area (Å²) < 4.78 is 7.28. The molecule has 3 rings (SSSR count). The number of H-pyrrole nitrogens is 1. The molecule has 0 amide bonds. The third kappa shape index (κ3) is 4.04. The van der Waals surface area contributed by atoms with Gasteiger partial charge >= 0.3 is 0 Å². The predicted octanol–water partition coefficient (Wildman–Crippen LogP) is 4.82. The fraction of sp³-hybridized carbons (Fsp3) is 0.0556. The van der Waals surface area contributed by atoms with Gasteiger partial charge in [-0.25, -0.2) is 5.10 Å². The molecular formula is C18H15ClN4OS. The van der Waals surface area contributed by atoms with E-state index in [1.807, 2.05) is 48.6 Å². The first kappa shape index (κ1) is 17.1. The number of halogens is 1. The van der Waals surface area contributed by atoms with Crippen LogP contribution >= 0.6 is 23.8 Å². The van der Waals surface area contributed by atoms with Crippen LogP contribution in [-0.2, 0) is 0 Å². The second-order valence-corrected chi connectivity index (χ2v) is 5.86. The van der Waals surface area contributed by atoms with Crippen LogP contribution in [-0.4, -0.2) is 28.2 Å². The number of ether oxygens (including phenoxy) is 1. The van der Waals surface area contributed by atoms with Crippen molar-refractivity contribution in [1.82, 2.24) is 14.9 Å². The van der Waals surface area contributed by atoms with Crippen LogP contribution in [0.15, 0.2) is 59.7 Å². The van der Waals surface area contributed by atoms with Gasteiger partial charge in [-0.2, -0.15) is 14.9 Å². The van der Waals surface area contributed by atoms with Crippen LogP contribution in [0.3, 0.4) is 0 Å². The van der Waals surface area contributed by atoms with E-state index in [2.05, 4.69) is 15.3 Å². The second-order valence-electron chi connectivity index (χ2n) is 5.04. The van der Waals surface area contributed by atoms with Crippen molar-refractivity contribution >= 4 is 36.1 Å². The Hall–Kier alpha value is -2.70. The summed E-state index contributed by atoms with van der Waals surface area (Å²) in [5.41, 5.74) is 1.83. The molecular weight excluding hydrogens is 356 g/mol. The van der Waals surface area contributed by atoms with Gasteiger partial charge in [0.15, 0.2) is 5.82 Å². The highest BCUT2D eigenvalue weighted by Gasteiger charge is 2.07. The van der Waals surface area contributed by atoms with E-state index in [1.165, 1.54) is 0 Å². The molecule has 25 heavy (non-hydrogen) atoms. The van der Waals surface area contributed by atoms with Gasteiger partial charge in [0, 0.05) is 22.4 Å². The predicted molar refractivity (Wildman–Crippen MR) is 104 cm³/mol. The maximum atomic E-state index is 5.92. The van der Waals surface area contributed by atoms with Gasteiger partial charge in [-0.3, -0.25) is 0 Å². The lowest BCUT2D eigenvalue weighted by Gasteiger charge is -2.02. The molecule has 0 saturated carbocycles. The fourth-order valence-electron chi connectivity index (χ4n) is 2.24. The van der Waals surface area contributed by atoms with E-state index in [0.29, 0.717) is 15.6 Å². The van der Waals surface area contributed by atoms with Gasteiger partial charge in [0.1, 0.15) is 5.75 Å². The summed E-state index contributed by atoms with van der Waals surface area (Å²) in [7, 11) is 1.64. The minimum absolute atomic E-state index is 0.409. The Bertz CT molecular complexity index is 973. The maximum Gasteiger partial charge on any atom is 0.216 e. The minimum atomic E-state index is 0.409. The molecule has 1 N–H and O–H groups in total. The summed E-state index contributed by atoms with van der Waals surface area (Å²) >= 11 is 11.2. The van der Waals surface area contributed by atoms with Crippen molar-refractivity contribution in [2.45, 2.75) is 0 Å². The average molecular weight is 371 g/mol. The monoisotopic (exact) mass is 370 g/mol. The van der Waals surface area contributed by atoms with Crippen molar-refractivity contribution in [2.24, 2.45) is 5.10 Å². The summed E-state index contributed by atoms with van der Waals surface area (Å²) in [4.78, 5) is 0. The summed E-state index contributed by atoms with van der Waals surface area (Å²) in [5.74, 6) is 1.41. The van der Waals surface area contributed by atoms with E-state index < -0.39 is 0 Å². The van der Waals surface area contributed by atoms with Gasteiger partial charge in [0.05, 0.1) is 7.11 Å². The zero-order chi connectivity index (χ0) is 17.6. The number of aromatic nitrogens is 3. The third-order valence-corrected chi connectivity index (χ3v) is 3.95. The molecule has 0 unspecified atom stereocenters. The molecule has 2 aromatic carbocycles. The van der Waals surface area contributed by atoms with Crippen molar-refractivity contribution in [3.8, 4) is 17.1 Å². The van der Waals surface area contributed by atoms with Crippen LogP contribution < -0.4 is 4.74 Å². The lowest BCUT2D eigenvalue weighted by molar-refractivity contribution is 0.414. The quantitative estimate of drug-likeness (QED) is 0.517. The van der Waals surface area contributed by atoms with Gasteiger partial charge in [-0.05, 0) is 54.7 Å². The lowest BCUT2D eigenvalue weighted by Crippen LogP contribution is -1.93. The molecule has 0 radical (unpaired) electrons. The van der Waals surface area contributed by atoms with Gasteiger partial charge < -0.3 is 4.74 Å². The van der Waals surface area contributed by atoms with E-state index in [0.717, 1.165) is 16.9 Å². The normalized spacial score (nSPS) is 11.4. The third-order valence-electron chi connectivity index (χ3n) is 3.44. The highest BCUT2D eigenvalue weighted by atomic mass is 35.5. The molecule has 0 aliphatic carbocycles. The molecule has 0 saturated heterocycles. The molecule has 0 aliphatic heterocycles. The summed E-state index contributed by atoms with van der Waals surface area (Å²) in [5, 5.41) is 12.0. The Morgan fingerprint density at radius 2 is 1.96 bits per heavy atom. The van der Waals surface area contributed by atoms with Gasteiger partial charge in [-0.1, -0.05) is 29.8 Å². The molecule has 126 valence electrons. The van der Waals surface area contributed by atoms with Gasteiger partial charge in [0.25, 0.3) is 0 Å². The lowest BCUT2D eigenvalue weighted by atomic mass is 10.2. The molecule has 1 aromatic heterocycles. The van der Waals surface area contributed by atoms with Crippen LogP contribution in [0.25, 0.3) is 17.5 Å². The number of rotatable bonds is 5. The summed E-state index contributed by atoms with van der Waals surface area (Å²) in [6.07, 6.45) is 5.38. The molecule has 0 aliphatic rings. The zero-order valence-electron chi connectivity index (χ0n) is 13.4. The van der Waals surface area contributed by atoms with Crippen LogP contribution in [0.1, 0.15) is 5.56 Å². The van der Waals surface area contributed by atoms with Crippen LogP contribution in [0.4, 0.5) is 0 Å². The van der Waals surface area contributed by atoms with E-state index in [9.17, 15) is 0 Å². The molecule has 1 heterocycles. The number of nitrogens with one attached hydrogen (secondary N) is 1. The Labute approximate surface area is 155 Å². The first-order valence-corrected chi connectivity index (χ1v) is 8.25. The second kappa shape index (κ2) is 7.92. The molecule has 0 fully saturated rings. The number of para-hydroxylation sites is 1. The Balaban J connectivity index is 1.85. The number of hydrogen-bond acceptors (Lipinski definition) is 4. The zero-order valence-corrected chi connectivity index (χ0v) is 15.0. The van der Waals surface area contributed by atoms with Crippen molar-refractivity contribution < 1.29 is 4.74 Å². The number of methoxy groups -OCH3 is 1. The average Bonchev–Trinajstić information content (AvgIpc) is 3.00. The minimum Gasteiger partial charge on any atom is -0.496 e. The summed E-state index contributed by atoms with van der Waals surface area (Å²) in [6, 6.07) is 15.1. The SMILES string of the molecule is COc1ccccc1/C=C/C=N\n1c(-c2ccc(Cl)cc2)n[nH]c1=S. The molecule has 0 bridgehead atoms. The smallest absolute Gasteiger partial charge is 0.216 e. The highest BCUT2D eigenvalue weighted by Crippen LogP contribution is 2.20. The van der Waals surface area contributed by atoms with Crippen molar-refractivity contribution in [1.29, 1.82) is 0 Å². The van der Waals surface area contributed by atoms with E-state index in [4.69, 9.17) is 28.6 Å². The highest BCUT2D eigenvalue weighted by molar-refractivity contribution is 7.71. The van der Waals surface area contributed by atoms with E-state index >= 15 is 0 Å². The standard InChI is InChI=1S/C18H15ClN4OS/c1-24-16-7-3-2-5-13(16)6-4-12-20-23-17(21-22-18(23)25)14-8-10-15(19)11-9-14/h2-12H,1H3,(H,22,25)/b6-4+,20-12-. The number of hydrogen-bond donors (Lipinski definition) is 1. The van der Waals surface area contributed by atoms with E-state index in [-0.39, 0.29) is 0 Å². The van der Waals surface area contributed by atoms with Crippen molar-refractivity contribution in [3.63, 3.8) is 0 Å². The molecule has 0 spiro atoms. The van der Waals surface area contributed by atoms with Crippen LogP contribution in [0.2, 0.25) is 5.02 Å². The Kier molecular flexibility index (Phi) is 5.42. The molecule has 7 heteroatoms. The topological polar surface area (TPSA) is 55.2 Å². The van der Waals surface area contributed by atoms with Crippen molar-refractivity contribution in [3.05, 3.63) is 70.0 Å². The van der Waals surface area contributed by atoms with Crippen molar-refractivity contribution in [2.75, 3.05) is 7.11 Å². The molecule has 5 nitrogen and oxygen atoms in total. The Morgan fingerprint density at radius 1 is 1.20 bits per heavy atom. The fourth-order valence-corrected chi connectivity index (χ4v) is 2.55. The largest absolute Gasteiger partial charge is 0.496 e. The van der Waals surface area contributed by atoms with Crippen LogP contribution in [0.5, 0.6) is 5.75 Å². The van der Waals surface area contributed by atoms with Gasteiger partial charge in [0.2, 0.25) is 4.77 Å².